The van der Waals surface area contributed by atoms with Gasteiger partial charge in [0.1, 0.15) is 0 Å². The molecule has 0 spiro atoms. The second kappa shape index (κ2) is 6.17. The van der Waals surface area contributed by atoms with Crippen molar-refractivity contribution < 1.29 is 9.84 Å². The first-order valence-corrected chi connectivity index (χ1v) is 6.89. The average molecular weight is 273 g/mol. The summed E-state index contributed by atoms with van der Waals surface area (Å²) in [5.41, 5.74) is 2.33. The van der Waals surface area contributed by atoms with Gasteiger partial charge in [-0.2, -0.15) is 5.10 Å². The maximum absolute atomic E-state index is 9.16. The summed E-state index contributed by atoms with van der Waals surface area (Å²) < 4.78 is 7.31. The van der Waals surface area contributed by atoms with Crippen LogP contribution in [0, 0.1) is 0 Å². The van der Waals surface area contributed by atoms with Crippen molar-refractivity contribution in [3.8, 4) is 5.69 Å². The molecule has 0 amide bonds. The number of aliphatic hydroxyl groups excluding tert-OH is 1. The zero-order valence-corrected chi connectivity index (χ0v) is 11.4. The molecule has 0 bridgehead atoms. The predicted molar refractivity (Wildman–Crippen MR) is 75.7 cm³/mol. The molecule has 1 aliphatic rings. The van der Waals surface area contributed by atoms with E-state index in [2.05, 4.69) is 34.3 Å². The topological polar surface area (TPSA) is 50.5 Å². The molecule has 2 heterocycles. The van der Waals surface area contributed by atoms with Crippen molar-refractivity contribution in [1.82, 2.24) is 14.7 Å². The Hall–Kier alpha value is -1.69. The largest absolute Gasteiger partial charge is 0.394 e. The van der Waals surface area contributed by atoms with Gasteiger partial charge < -0.3 is 9.84 Å². The second-order valence-corrected chi connectivity index (χ2v) is 5.03. The van der Waals surface area contributed by atoms with Crippen LogP contribution in [0.1, 0.15) is 5.56 Å². The van der Waals surface area contributed by atoms with Crippen LogP contribution in [-0.4, -0.2) is 52.2 Å². The van der Waals surface area contributed by atoms with E-state index in [0.29, 0.717) is 6.61 Å². The molecular formula is C15H19N3O2. The van der Waals surface area contributed by atoms with E-state index < -0.39 is 0 Å². The highest BCUT2D eigenvalue weighted by molar-refractivity contribution is 5.33. The number of nitrogens with zero attached hydrogens (tertiary/aromatic N) is 3. The third-order valence-electron chi connectivity index (χ3n) is 3.54. The van der Waals surface area contributed by atoms with E-state index in [4.69, 9.17) is 9.84 Å². The van der Waals surface area contributed by atoms with E-state index in [0.717, 1.165) is 25.3 Å². The first-order valence-electron chi connectivity index (χ1n) is 6.89. The highest BCUT2D eigenvalue weighted by atomic mass is 16.5. The van der Waals surface area contributed by atoms with Crippen molar-refractivity contribution >= 4 is 0 Å². The molecule has 0 aliphatic carbocycles. The number of hydrogen-bond acceptors (Lipinski definition) is 4. The highest BCUT2D eigenvalue weighted by Crippen LogP contribution is 2.13. The Kier molecular flexibility index (Phi) is 4.11. The molecule has 5 heteroatoms. The van der Waals surface area contributed by atoms with Gasteiger partial charge in [-0.15, -0.1) is 0 Å². The zero-order valence-electron chi connectivity index (χ0n) is 11.4. The molecule has 1 atom stereocenters. The lowest BCUT2D eigenvalue weighted by Crippen LogP contribution is -2.43. The summed E-state index contributed by atoms with van der Waals surface area (Å²) in [5.74, 6) is 0. The van der Waals surface area contributed by atoms with Crippen LogP contribution in [0.2, 0.25) is 0 Å². The molecule has 1 aromatic carbocycles. The van der Waals surface area contributed by atoms with Gasteiger partial charge in [-0.3, -0.25) is 4.90 Å². The number of aromatic nitrogens is 2. The Morgan fingerprint density at radius 1 is 1.30 bits per heavy atom. The van der Waals surface area contributed by atoms with Crippen LogP contribution in [-0.2, 0) is 11.3 Å². The summed E-state index contributed by atoms with van der Waals surface area (Å²) in [6.07, 6.45) is 3.66. The van der Waals surface area contributed by atoms with E-state index in [1.165, 1.54) is 5.56 Å². The first-order chi connectivity index (χ1) is 9.85. The van der Waals surface area contributed by atoms with Crippen molar-refractivity contribution in [2.45, 2.75) is 12.6 Å². The van der Waals surface area contributed by atoms with E-state index in [1.54, 1.807) is 6.20 Å². The minimum Gasteiger partial charge on any atom is -0.394 e. The quantitative estimate of drug-likeness (QED) is 0.905. The van der Waals surface area contributed by atoms with Crippen LogP contribution < -0.4 is 0 Å². The monoisotopic (exact) mass is 273 g/mol. The average Bonchev–Trinajstić information content (AvgIpc) is 3.02. The molecule has 2 aromatic rings. The molecule has 5 nitrogen and oxygen atoms in total. The molecule has 1 saturated heterocycles. The van der Waals surface area contributed by atoms with Gasteiger partial charge in [0.25, 0.3) is 0 Å². The minimum absolute atomic E-state index is 0.0490. The third-order valence-corrected chi connectivity index (χ3v) is 3.54. The van der Waals surface area contributed by atoms with Crippen molar-refractivity contribution in [3.63, 3.8) is 0 Å². The number of ether oxygens (including phenoxy) is 1. The second-order valence-electron chi connectivity index (χ2n) is 5.03. The molecule has 3 rings (SSSR count). The standard InChI is InChI=1S/C15H19N3O2/c19-12-15-11-17(8-9-20-15)10-13-2-4-14(5-3-13)18-7-1-6-16-18/h1-7,15,19H,8-12H2. The van der Waals surface area contributed by atoms with Crippen molar-refractivity contribution in [2.75, 3.05) is 26.3 Å². The molecule has 20 heavy (non-hydrogen) atoms. The number of rotatable bonds is 4. The predicted octanol–water partition coefficient (Wildman–Crippen LogP) is 1.07. The number of hydrogen-bond donors (Lipinski definition) is 1. The summed E-state index contributed by atoms with van der Waals surface area (Å²) in [7, 11) is 0. The molecular weight excluding hydrogens is 254 g/mol. The van der Waals surface area contributed by atoms with E-state index in [9.17, 15) is 0 Å². The normalized spacial score (nSPS) is 20.1. The first kappa shape index (κ1) is 13.3. The number of morpholine rings is 1. The molecule has 1 fully saturated rings. The Labute approximate surface area is 118 Å². The summed E-state index contributed by atoms with van der Waals surface area (Å²) in [5, 5.41) is 13.4. The maximum Gasteiger partial charge on any atom is 0.0933 e. The van der Waals surface area contributed by atoms with Gasteiger partial charge in [-0.25, -0.2) is 4.68 Å². The third kappa shape index (κ3) is 3.07. The van der Waals surface area contributed by atoms with Gasteiger partial charge in [0, 0.05) is 32.0 Å². The molecule has 1 aliphatic heterocycles. The van der Waals surface area contributed by atoms with Gasteiger partial charge in [0.05, 0.1) is 25.0 Å². The van der Waals surface area contributed by atoms with Crippen LogP contribution in [0.4, 0.5) is 0 Å². The zero-order chi connectivity index (χ0) is 13.8. The Morgan fingerprint density at radius 3 is 2.85 bits per heavy atom. The van der Waals surface area contributed by atoms with Crippen molar-refractivity contribution in [2.24, 2.45) is 0 Å². The van der Waals surface area contributed by atoms with E-state index in [-0.39, 0.29) is 12.7 Å². The molecule has 1 N–H and O–H groups in total. The van der Waals surface area contributed by atoms with Crippen molar-refractivity contribution in [1.29, 1.82) is 0 Å². The molecule has 0 radical (unpaired) electrons. The van der Waals surface area contributed by atoms with Gasteiger partial charge in [-0.05, 0) is 23.8 Å². The lowest BCUT2D eigenvalue weighted by molar-refractivity contribution is -0.0551. The van der Waals surface area contributed by atoms with Crippen LogP contribution in [0.5, 0.6) is 0 Å². The molecule has 0 saturated carbocycles. The lowest BCUT2D eigenvalue weighted by Gasteiger charge is -2.32. The summed E-state index contributed by atoms with van der Waals surface area (Å²) in [4.78, 5) is 2.31. The fourth-order valence-corrected chi connectivity index (χ4v) is 2.47. The Morgan fingerprint density at radius 2 is 2.15 bits per heavy atom. The van der Waals surface area contributed by atoms with Gasteiger partial charge in [0.15, 0.2) is 0 Å². The number of aliphatic hydroxyl groups is 1. The van der Waals surface area contributed by atoms with Gasteiger partial charge in [-0.1, -0.05) is 12.1 Å². The van der Waals surface area contributed by atoms with Gasteiger partial charge >= 0.3 is 0 Å². The smallest absolute Gasteiger partial charge is 0.0933 e. The fourth-order valence-electron chi connectivity index (χ4n) is 2.47. The number of benzene rings is 1. The molecule has 1 aromatic heterocycles. The molecule has 1 unspecified atom stereocenters. The van der Waals surface area contributed by atoms with E-state index in [1.807, 2.05) is 16.9 Å². The SMILES string of the molecule is OCC1CN(Cc2ccc(-n3cccn3)cc2)CCO1. The van der Waals surface area contributed by atoms with Crippen LogP contribution in [0.25, 0.3) is 5.69 Å². The Bertz CT molecular complexity index is 525. The summed E-state index contributed by atoms with van der Waals surface area (Å²) >= 11 is 0. The van der Waals surface area contributed by atoms with Gasteiger partial charge in [0.2, 0.25) is 0 Å². The van der Waals surface area contributed by atoms with Crippen LogP contribution in [0.15, 0.2) is 42.7 Å². The van der Waals surface area contributed by atoms with E-state index >= 15 is 0 Å². The minimum atomic E-state index is -0.0490. The maximum atomic E-state index is 9.16. The summed E-state index contributed by atoms with van der Waals surface area (Å²) in [6, 6.07) is 10.3. The summed E-state index contributed by atoms with van der Waals surface area (Å²) in [6.45, 7) is 3.37. The Balaban J connectivity index is 1.63. The van der Waals surface area contributed by atoms with Crippen LogP contribution >= 0.6 is 0 Å². The molecule has 106 valence electrons. The van der Waals surface area contributed by atoms with Crippen LogP contribution in [0.3, 0.4) is 0 Å². The van der Waals surface area contributed by atoms with Crippen molar-refractivity contribution in [3.05, 3.63) is 48.3 Å². The lowest BCUT2D eigenvalue weighted by atomic mass is 10.1. The fraction of sp³-hybridized carbons (Fsp3) is 0.400. The highest BCUT2D eigenvalue weighted by Gasteiger charge is 2.19.